The lowest BCUT2D eigenvalue weighted by molar-refractivity contribution is -0.152. The van der Waals surface area contributed by atoms with Crippen molar-refractivity contribution in [2.45, 2.75) is 24.4 Å². The van der Waals surface area contributed by atoms with E-state index in [0.717, 1.165) is 18.4 Å². The van der Waals surface area contributed by atoms with Crippen molar-refractivity contribution >= 4 is 12.2 Å². The van der Waals surface area contributed by atoms with Gasteiger partial charge in [0.25, 0.3) is 0 Å². The molecule has 1 aliphatic rings. The number of carbonyl (C=O) groups is 1. The Labute approximate surface area is 93.3 Å². The van der Waals surface area contributed by atoms with Gasteiger partial charge in [0, 0.05) is 17.8 Å². The van der Waals surface area contributed by atoms with Gasteiger partial charge in [0.2, 0.25) is 0 Å². The summed E-state index contributed by atoms with van der Waals surface area (Å²) in [6.45, 7) is 3.59. The van der Waals surface area contributed by atoms with Crippen LogP contribution in [0.1, 0.15) is 18.4 Å². The summed E-state index contributed by atoms with van der Waals surface area (Å²) in [5, 5.41) is 13.9. The highest BCUT2D eigenvalue weighted by atomic mass is 16.5. The van der Waals surface area contributed by atoms with E-state index in [1.54, 1.807) is 23.3 Å². The van der Waals surface area contributed by atoms with Crippen LogP contribution in [0.2, 0.25) is 0 Å². The number of rotatable bonds is 4. The first-order chi connectivity index (χ1) is 7.64. The van der Waals surface area contributed by atoms with Crippen LogP contribution in [0, 0.1) is 0 Å². The van der Waals surface area contributed by atoms with Crippen LogP contribution in [0.3, 0.4) is 0 Å². The minimum absolute atomic E-state index is 0.506. The molecule has 0 saturated heterocycles. The fraction of sp³-hybridized carbons (Fsp3) is 0.455. The van der Waals surface area contributed by atoms with Gasteiger partial charge in [0.15, 0.2) is 6.10 Å². The Morgan fingerprint density at radius 1 is 1.81 bits per heavy atom. The molecule has 1 atom stereocenters. The zero-order valence-corrected chi connectivity index (χ0v) is 9.09. The molecule has 1 aromatic rings. The van der Waals surface area contributed by atoms with Crippen molar-refractivity contribution in [1.29, 1.82) is 0 Å². The summed E-state index contributed by atoms with van der Waals surface area (Å²) in [7, 11) is 1.27. The highest BCUT2D eigenvalue weighted by molar-refractivity contribution is 5.77. The van der Waals surface area contributed by atoms with E-state index in [2.05, 4.69) is 16.4 Å². The molecule has 0 amide bonds. The second kappa shape index (κ2) is 3.75. The molecule has 1 saturated carbocycles. The molecule has 5 nitrogen and oxygen atoms in total. The highest BCUT2D eigenvalue weighted by Gasteiger charge is 2.54. The second-order valence-corrected chi connectivity index (χ2v) is 3.97. The summed E-state index contributed by atoms with van der Waals surface area (Å²) in [6.07, 6.45) is 5.41. The van der Waals surface area contributed by atoms with Gasteiger partial charge < -0.3 is 9.84 Å². The number of nitrogens with zero attached hydrogens (tertiary/aromatic N) is 2. The van der Waals surface area contributed by atoms with Crippen LogP contribution in [0.5, 0.6) is 0 Å². The molecule has 2 rings (SSSR count). The van der Waals surface area contributed by atoms with Gasteiger partial charge in [-0.3, -0.25) is 0 Å². The van der Waals surface area contributed by atoms with Gasteiger partial charge >= 0.3 is 5.97 Å². The van der Waals surface area contributed by atoms with Gasteiger partial charge in [0.05, 0.1) is 13.3 Å². The van der Waals surface area contributed by atoms with E-state index in [-0.39, 0.29) is 0 Å². The molecule has 5 heteroatoms. The van der Waals surface area contributed by atoms with Crippen molar-refractivity contribution in [3.63, 3.8) is 0 Å². The molecule has 0 spiro atoms. The Morgan fingerprint density at radius 3 is 2.94 bits per heavy atom. The average Bonchev–Trinajstić information content (AvgIpc) is 2.98. The quantitative estimate of drug-likeness (QED) is 0.755. The molecule has 1 aromatic heterocycles. The maximum Gasteiger partial charge on any atom is 0.335 e. The van der Waals surface area contributed by atoms with Crippen LogP contribution in [-0.2, 0) is 14.9 Å². The Hall–Kier alpha value is -1.62. The molecule has 0 aliphatic heterocycles. The van der Waals surface area contributed by atoms with Gasteiger partial charge in [-0.2, -0.15) is 5.10 Å². The van der Waals surface area contributed by atoms with E-state index in [9.17, 15) is 9.90 Å². The minimum atomic E-state index is -1.11. The van der Waals surface area contributed by atoms with E-state index < -0.39 is 17.5 Å². The molecular weight excluding hydrogens is 208 g/mol. The molecule has 1 heterocycles. The van der Waals surface area contributed by atoms with Crippen molar-refractivity contribution in [3.8, 4) is 0 Å². The third-order valence-corrected chi connectivity index (χ3v) is 3.10. The smallest absolute Gasteiger partial charge is 0.335 e. The number of carbonyl (C=O) groups excluding carboxylic acids is 1. The Morgan fingerprint density at radius 2 is 2.50 bits per heavy atom. The lowest BCUT2D eigenvalue weighted by Crippen LogP contribution is -2.34. The van der Waals surface area contributed by atoms with Gasteiger partial charge in [-0.15, -0.1) is 0 Å². The fourth-order valence-corrected chi connectivity index (χ4v) is 1.89. The third-order valence-electron chi connectivity index (χ3n) is 3.10. The van der Waals surface area contributed by atoms with Crippen molar-refractivity contribution in [2.24, 2.45) is 0 Å². The molecule has 1 N–H and O–H groups in total. The number of aliphatic hydroxyl groups excluding tert-OH is 1. The monoisotopic (exact) mass is 222 g/mol. The van der Waals surface area contributed by atoms with Gasteiger partial charge in [-0.1, -0.05) is 6.58 Å². The van der Waals surface area contributed by atoms with E-state index in [1.165, 1.54) is 7.11 Å². The van der Waals surface area contributed by atoms with Crippen molar-refractivity contribution in [2.75, 3.05) is 7.11 Å². The number of hydrogen-bond donors (Lipinski definition) is 1. The summed E-state index contributed by atoms with van der Waals surface area (Å²) in [4.78, 5) is 11.3. The molecule has 16 heavy (non-hydrogen) atoms. The van der Waals surface area contributed by atoms with Gasteiger partial charge in [0.1, 0.15) is 0 Å². The number of hydrogen-bond acceptors (Lipinski definition) is 4. The summed E-state index contributed by atoms with van der Waals surface area (Å²) in [5.74, 6) is -0.594. The molecule has 86 valence electrons. The summed E-state index contributed by atoms with van der Waals surface area (Å²) >= 11 is 0. The first-order valence-corrected chi connectivity index (χ1v) is 5.07. The van der Waals surface area contributed by atoms with Crippen LogP contribution in [-0.4, -0.2) is 34.1 Å². The van der Waals surface area contributed by atoms with E-state index in [4.69, 9.17) is 0 Å². The van der Waals surface area contributed by atoms with Crippen molar-refractivity contribution in [3.05, 3.63) is 24.5 Å². The van der Waals surface area contributed by atoms with E-state index in [0.29, 0.717) is 0 Å². The number of esters is 1. The first kappa shape index (κ1) is 10.9. The molecule has 1 aliphatic carbocycles. The summed E-state index contributed by atoms with van der Waals surface area (Å²) in [5.41, 5.74) is 0.347. The molecular formula is C11H14N2O3. The molecule has 0 aromatic carbocycles. The highest BCUT2D eigenvalue weighted by Crippen LogP contribution is 2.51. The number of ether oxygens (including phenoxy) is 1. The van der Waals surface area contributed by atoms with Crippen molar-refractivity contribution < 1.29 is 14.6 Å². The Bertz CT molecular complexity index is 421. The second-order valence-electron chi connectivity index (χ2n) is 3.97. The Balaban J connectivity index is 2.25. The molecule has 1 fully saturated rings. The van der Waals surface area contributed by atoms with E-state index in [1.807, 2.05) is 0 Å². The standard InChI is InChI=1S/C11H14N2O3/c1-3-13-7-8(6-12-13)11(4-5-11)9(14)10(15)16-2/h3,6-7,9,14H,1,4-5H2,2H3. The maximum absolute atomic E-state index is 11.3. The number of aliphatic hydroxyl groups is 1. The first-order valence-electron chi connectivity index (χ1n) is 5.07. The predicted molar refractivity (Wildman–Crippen MR) is 57.5 cm³/mol. The SMILES string of the molecule is C=Cn1cc(C2(C(O)C(=O)OC)CC2)cn1. The van der Waals surface area contributed by atoms with Crippen LogP contribution >= 0.6 is 0 Å². The number of methoxy groups -OCH3 is 1. The van der Waals surface area contributed by atoms with Gasteiger partial charge in [-0.25, -0.2) is 9.48 Å². The van der Waals surface area contributed by atoms with E-state index >= 15 is 0 Å². The number of aromatic nitrogens is 2. The largest absolute Gasteiger partial charge is 0.467 e. The van der Waals surface area contributed by atoms with Crippen LogP contribution < -0.4 is 0 Å². The summed E-state index contributed by atoms with van der Waals surface area (Å²) in [6, 6.07) is 0. The zero-order chi connectivity index (χ0) is 11.8. The average molecular weight is 222 g/mol. The normalized spacial score (nSPS) is 18.9. The fourth-order valence-electron chi connectivity index (χ4n) is 1.89. The minimum Gasteiger partial charge on any atom is -0.467 e. The van der Waals surface area contributed by atoms with Gasteiger partial charge in [-0.05, 0) is 18.4 Å². The van der Waals surface area contributed by atoms with Crippen molar-refractivity contribution in [1.82, 2.24) is 9.78 Å². The summed E-state index contributed by atoms with van der Waals surface area (Å²) < 4.78 is 6.11. The van der Waals surface area contributed by atoms with Crippen LogP contribution in [0.25, 0.3) is 6.20 Å². The predicted octanol–water partition coefficient (Wildman–Crippen LogP) is 0.549. The molecule has 0 radical (unpaired) electrons. The zero-order valence-electron chi connectivity index (χ0n) is 9.09. The maximum atomic E-state index is 11.3. The molecule has 1 unspecified atom stereocenters. The molecule has 0 bridgehead atoms. The van der Waals surface area contributed by atoms with Crippen LogP contribution in [0.4, 0.5) is 0 Å². The lowest BCUT2D eigenvalue weighted by atomic mass is 9.92. The lowest BCUT2D eigenvalue weighted by Gasteiger charge is -2.18. The van der Waals surface area contributed by atoms with Crippen LogP contribution in [0.15, 0.2) is 19.0 Å². The topological polar surface area (TPSA) is 64.4 Å². The third kappa shape index (κ3) is 1.53. The Kier molecular flexibility index (Phi) is 2.55.